The van der Waals surface area contributed by atoms with Gasteiger partial charge in [-0.1, -0.05) is 20.3 Å². The highest BCUT2D eigenvalue weighted by Gasteiger charge is 2.14. The molecule has 1 heterocycles. The topological polar surface area (TPSA) is 44.4 Å². The van der Waals surface area contributed by atoms with E-state index in [1.54, 1.807) is 5.01 Å². The highest BCUT2D eigenvalue weighted by molar-refractivity contribution is 5.85. The van der Waals surface area contributed by atoms with E-state index in [-0.39, 0.29) is 30.7 Å². The second kappa shape index (κ2) is 11.1. The maximum atomic E-state index is 11.8. The van der Waals surface area contributed by atoms with E-state index >= 15 is 0 Å². The van der Waals surface area contributed by atoms with Gasteiger partial charge in [-0.3, -0.25) is 9.80 Å². The molecule has 0 aromatic rings. The SMILES string of the molecule is CC(C)NCCC(=O)N1CCCCCN1.Cl.Cl. The average molecular weight is 286 g/mol. The molecule has 0 saturated carbocycles. The van der Waals surface area contributed by atoms with Crippen molar-refractivity contribution in [2.75, 3.05) is 19.6 Å². The first-order valence-electron chi connectivity index (χ1n) is 5.97. The number of nitrogens with zero attached hydrogens (tertiary/aromatic N) is 1. The van der Waals surface area contributed by atoms with Gasteiger partial charge in [0.1, 0.15) is 0 Å². The summed E-state index contributed by atoms with van der Waals surface area (Å²) >= 11 is 0. The molecule has 0 bridgehead atoms. The van der Waals surface area contributed by atoms with Gasteiger partial charge in [0.25, 0.3) is 0 Å². The number of nitrogens with one attached hydrogen (secondary N) is 2. The van der Waals surface area contributed by atoms with Gasteiger partial charge in [0.2, 0.25) is 5.91 Å². The number of hydrogen-bond donors (Lipinski definition) is 2. The van der Waals surface area contributed by atoms with Crippen molar-refractivity contribution in [3.63, 3.8) is 0 Å². The number of rotatable bonds is 4. The van der Waals surface area contributed by atoms with Gasteiger partial charge in [-0.25, -0.2) is 5.43 Å². The van der Waals surface area contributed by atoms with Crippen LogP contribution in [0.5, 0.6) is 0 Å². The van der Waals surface area contributed by atoms with E-state index in [2.05, 4.69) is 24.6 Å². The number of carbonyl (C=O) groups is 1. The Morgan fingerprint density at radius 3 is 2.65 bits per heavy atom. The second-order valence-corrected chi connectivity index (χ2v) is 4.37. The minimum Gasteiger partial charge on any atom is -0.314 e. The summed E-state index contributed by atoms with van der Waals surface area (Å²) in [5.41, 5.74) is 3.18. The molecule has 0 atom stereocenters. The molecule has 6 heteroatoms. The van der Waals surface area contributed by atoms with Crippen molar-refractivity contribution >= 4 is 30.7 Å². The van der Waals surface area contributed by atoms with Gasteiger partial charge >= 0.3 is 0 Å². The Bertz CT molecular complexity index is 195. The highest BCUT2D eigenvalue weighted by atomic mass is 35.5. The molecule has 0 aromatic carbocycles. The molecule has 0 radical (unpaired) electrons. The Morgan fingerprint density at radius 2 is 2.00 bits per heavy atom. The van der Waals surface area contributed by atoms with Gasteiger partial charge in [0.15, 0.2) is 0 Å². The summed E-state index contributed by atoms with van der Waals surface area (Å²) in [7, 11) is 0. The zero-order valence-corrected chi connectivity index (χ0v) is 12.3. The molecule has 1 fully saturated rings. The van der Waals surface area contributed by atoms with Crippen LogP contribution >= 0.6 is 24.8 Å². The Hall–Kier alpha value is -0.0300. The van der Waals surface area contributed by atoms with E-state index in [0.29, 0.717) is 12.5 Å². The van der Waals surface area contributed by atoms with Gasteiger partial charge in [-0.05, 0) is 12.8 Å². The van der Waals surface area contributed by atoms with Gasteiger partial charge in [0.05, 0.1) is 0 Å². The lowest BCUT2D eigenvalue weighted by Gasteiger charge is -2.21. The summed E-state index contributed by atoms with van der Waals surface area (Å²) < 4.78 is 0. The number of amides is 1. The number of hydrazine groups is 1. The molecule has 4 nitrogen and oxygen atoms in total. The zero-order chi connectivity index (χ0) is 11.1. The summed E-state index contributed by atoms with van der Waals surface area (Å²) in [6.45, 7) is 6.75. The van der Waals surface area contributed by atoms with Crippen LogP contribution in [-0.4, -0.2) is 36.6 Å². The first-order chi connectivity index (χ1) is 7.20. The Labute approximate surface area is 117 Å². The minimum absolute atomic E-state index is 0. The van der Waals surface area contributed by atoms with Gasteiger partial charge in [0, 0.05) is 32.1 Å². The molecule has 0 spiro atoms. The van der Waals surface area contributed by atoms with Crippen LogP contribution in [0.4, 0.5) is 0 Å². The maximum absolute atomic E-state index is 11.8. The van der Waals surface area contributed by atoms with Crippen LogP contribution in [0.2, 0.25) is 0 Å². The molecule has 0 unspecified atom stereocenters. The van der Waals surface area contributed by atoms with Crippen LogP contribution < -0.4 is 10.7 Å². The van der Waals surface area contributed by atoms with Crippen molar-refractivity contribution in [3.05, 3.63) is 0 Å². The lowest BCUT2D eigenvalue weighted by molar-refractivity contribution is -0.134. The van der Waals surface area contributed by atoms with Crippen LogP contribution in [0, 0.1) is 0 Å². The van der Waals surface area contributed by atoms with Crippen LogP contribution in [0.3, 0.4) is 0 Å². The molecule has 0 aliphatic carbocycles. The number of hydrogen-bond acceptors (Lipinski definition) is 3. The van der Waals surface area contributed by atoms with E-state index in [1.807, 2.05) is 0 Å². The zero-order valence-electron chi connectivity index (χ0n) is 10.7. The highest BCUT2D eigenvalue weighted by Crippen LogP contribution is 2.03. The summed E-state index contributed by atoms with van der Waals surface area (Å²) in [6.07, 6.45) is 4.11. The largest absolute Gasteiger partial charge is 0.314 e. The van der Waals surface area contributed by atoms with Crippen molar-refractivity contribution in [2.24, 2.45) is 0 Å². The fourth-order valence-electron chi connectivity index (χ4n) is 1.68. The summed E-state index contributed by atoms with van der Waals surface area (Å²) in [6, 6.07) is 0.454. The van der Waals surface area contributed by atoms with E-state index in [1.165, 1.54) is 12.8 Å². The quantitative estimate of drug-likeness (QED) is 0.827. The predicted octanol–water partition coefficient (Wildman–Crippen LogP) is 1.74. The molecule has 0 aromatic heterocycles. The third-order valence-corrected chi connectivity index (χ3v) is 2.55. The number of carbonyl (C=O) groups excluding carboxylic acids is 1. The molecular weight excluding hydrogens is 261 g/mol. The van der Waals surface area contributed by atoms with Gasteiger partial charge in [-0.15, -0.1) is 24.8 Å². The lowest BCUT2D eigenvalue weighted by Crippen LogP contribution is -2.43. The molecule has 2 N–H and O–H groups in total. The molecule has 1 amide bonds. The summed E-state index contributed by atoms with van der Waals surface area (Å²) in [5, 5.41) is 5.04. The van der Waals surface area contributed by atoms with E-state index < -0.39 is 0 Å². The Morgan fingerprint density at radius 1 is 1.29 bits per heavy atom. The third-order valence-electron chi connectivity index (χ3n) is 2.55. The van der Waals surface area contributed by atoms with Gasteiger partial charge in [-0.2, -0.15) is 0 Å². The summed E-state index contributed by atoms with van der Waals surface area (Å²) in [4.78, 5) is 11.8. The Balaban J connectivity index is 0. The smallest absolute Gasteiger partial charge is 0.237 e. The molecule has 104 valence electrons. The van der Waals surface area contributed by atoms with Gasteiger partial charge < -0.3 is 5.32 Å². The normalized spacial score (nSPS) is 15.8. The number of halogens is 2. The fraction of sp³-hybridized carbons (Fsp3) is 0.909. The first kappa shape index (κ1) is 19.3. The molecular formula is C11H25Cl2N3O. The van der Waals surface area contributed by atoms with E-state index in [9.17, 15) is 4.79 Å². The first-order valence-corrected chi connectivity index (χ1v) is 5.97. The van der Waals surface area contributed by atoms with Crippen molar-refractivity contribution in [2.45, 2.75) is 45.6 Å². The minimum atomic E-state index is 0. The predicted molar refractivity (Wildman–Crippen MR) is 75.8 cm³/mol. The van der Waals surface area contributed by atoms with Crippen LogP contribution in [0.25, 0.3) is 0 Å². The van der Waals surface area contributed by atoms with Crippen LogP contribution in [0.1, 0.15) is 39.5 Å². The standard InChI is InChI=1S/C11H23N3O.2ClH/c1-10(2)12-8-6-11(15)14-9-5-3-4-7-13-14;;/h10,12-13H,3-9H2,1-2H3;2*1H. The van der Waals surface area contributed by atoms with Crippen molar-refractivity contribution in [1.82, 2.24) is 15.8 Å². The van der Waals surface area contributed by atoms with Crippen molar-refractivity contribution < 1.29 is 4.79 Å². The molecule has 1 aliphatic heterocycles. The maximum Gasteiger partial charge on any atom is 0.237 e. The van der Waals surface area contributed by atoms with Crippen molar-refractivity contribution in [3.8, 4) is 0 Å². The second-order valence-electron chi connectivity index (χ2n) is 4.37. The molecule has 1 saturated heterocycles. The third kappa shape index (κ3) is 8.66. The fourth-order valence-corrected chi connectivity index (χ4v) is 1.68. The van der Waals surface area contributed by atoms with E-state index in [0.717, 1.165) is 26.1 Å². The summed E-state index contributed by atoms with van der Waals surface area (Å²) in [5.74, 6) is 0.213. The lowest BCUT2D eigenvalue weighted by atomic mass is 10.2. The van der Waals surface area contributed by atoms with Crippen LogP contribution in [0.15, 0.2) is 0 Å². The average Bonchev–Trinajstić information content (AvgIpc) is 2.44. The Kier molecular flexibility index (Phi) is 12.6. The molecule has 1 aliphatic rings. The van der Waals surface area contributed by atoms with E-state index in [4.69, 9.17) is 0 Å². The molecule has 1 rings (SSSR count). The van der Waals surface area contributed by atoms with Crippen LogP contribution in [-0.2, 0) is 4.79 Å². The molecule has 17 heavy (non-hydrogen) atoms. The van der Waals surface area contributed by atoms with Crippen molar-refractivity contribution in [1.29, 1.82) is 0 Å². The monoisotopic (exact) mass is 285 g/mol.